The first-order chi connectivity index (χ1) is 9.56. The van der Waals surface area contributed by atoms with E-state index in [-0.39, 0.29) is 10.7 Å². The highest BCUT2D eigenvalue weighted by atomic mass is 32.2. The van der Waals surface area contributed by atoms with E-state index in [1.807, 2.05) is 6.07 Å². The van der Waals surface area contributed by atoms with E-state index in [9.17, 15) is 8.42 Å². The number of rotatable bonds is 4. The number of benzene rings is 1. The van der Waals surface area contributed by atoms with E-state index in [0.29, 0.717) is 11.3 Å². The molecule has 0 saturated heterocycles. The number of hydrogen-bond acceptors (Lipinski definition) is 6. The van der Waals surface area contributed by atoms with Gasteiger partial charge >= 0.3 is 0 Å². The second-order valence-electron chi connectivity index (χ2n) is 3.80. The van der Waals surface area contributed by atoms with Crippen molar-refractivity contribution < 1.29 is 8.42 Å². The standard InChI is InChI=1S/C12H11N5O2S/c13-8-9-3-5-10(6-4-9)17-20(18,19)12-11(16-14)2-1-7-15-12/h1-7,16-17H,14H2. The van der Waals surface area contributed by atoms with Gasteiger partial charge in [0.25, 0.3) is 10.0 Å². The number of nitriles is 1. The van der Waals surface area contributed by atoms with Crippen LogP contribution in [0.2, 0.25) is 0 Å². The number of hydrazine groups is 1. The van der Waals surface area contributed by atoms with E-state index < -0.39 is 10.0 Å². The number of hydrogen-bond donors (Lipinski definition) is 3. The predicted octanol–water partition coefficient (Wildman–Crippen LogP) is 1.04. The molecular weight excluding hydrogens is 278 g/mol. The molecule has 2 aromatic rings. The van der Waals surface area contributed by atoms with Crippen molar-refractivity contribution in [2.75, 3.05) is 10.1 Å². The number of nitrogens with zero attached hydrogens (tertiary/aromatic N) is 2. The number of pyridine rings is 1. The van der Waals surface area contributed by atoms with Crippen molar-refractivity contribution in [2.45, 2.75) is 5.03 Å². The van der Waals surface area contributed by atoms with E-state index in [1.165, 1.54) is 36.5 Å². The Balaban J connectivity index is 2.33. The summed E-state index contributed by atoms with van der Waals surface area (Å²) in [4.78, 5) is 3.81. The molecule has 0 aliphatic heterocycles. The van der Waals surface area contributed by atoms with Gasteiger partial charge in [0, 0.05) is 11.9 Å². The molecule has 0 saturated carbocycles. The minimum atomic E-state index is -3.86. The maximum Gasteiger partial charge on any atom is 0.281 e. The van der Waals surface area contributed by atoms with E-state index in [4.69, 9.17) is 11.1 Å². The third kappa shape index (κ3) is 2.85. The average molecular weight is 289 g/mol. The molecule has 0 fully saturated rings. The number of nitrogens with one attached hydrogen (secondary N) is 2. The molecule has 1 heterocycles. The lowest BCUT2D eigenvalue weighted by Gasteiger charge is -2.10. The Morgan fingerprint density at radius 2 is 1.90 bits per heavy atom. The number of nitrogen functional groups attached to an aromatic ring is 1. The predicted molar refractivity (Wildman–Crippen MR) is 74.0 cm³/mol. The molecule has 1 aromatic heterocycles. The molecule has 7 nitrogen and oxygen atoms in total. The molecule has 0 amide bonds. The fourth-order valence-corrected chi connectivity index (χ4v) is 2.69. The maximum absolute atomic E-state index is 12.2. The van der Waals surface area contributed by atoms with Gasteiger partial charge in [-0.05, 0) is 36.4 Å². The molecule has 8 heteroatoms. The van der Waals surface area contributed by atoms with Crippen molar-refractivity contribution in [1.82, 2.24) is 4.98 Å². The summed E-state index contributed by atoms with van der Waals surface area (Å²) in [5.41, 5.74) is 3.24. The fraction of sp³-hybridized carbons (Fsp3) is 0. The Hall–Kier alpha value is -2.63. The van der Waals surface area contributed by atoms with Gasteiger partial charge in [-0.1, -0.05) is 0 Å². The van der Waals surface area contributed by atoms with E-state index in [0.717, 1.165) is 0 Å². The Morgan fingerprint density at radius 3 is 2.50 bits per heavy atom. The zero-order valence-corrected chi connectivity index (χ0v) is 11.1. The highest BCUT2D eigenvalue weighted by Gasteiger charge is 2.19. The number of sulfonamides is 1. The van der Waals surface area contributed by atoms with Crippen LogP contribution in [0, 0.1) is 11.3 Å². The van der Waals surface area contributed by atoms with Crippen LogP contribution >= 0.6 is 0 Å². The summed E-state index contributed by atoms with van der Waals surface area (Å²) >= 11 is 0. The molecule has 0 radical (unpaired) electrons. The molecule has 1 aromatic carbocycles. The zero-order chi connectivity index (χ0) is 14.6. The van der Waals surface area contributed by atoms with Crippen molar-refractivity contribution in [3.8, 4) is 6.07 Å². The Morgan fingerprint density at radius 1 is 1.20 bits per heavy atom. The molecule has 4 N–H and O–H groups in total. The van der Waals surface area contributed by atoms with Gasteiger partial charge in [-0.2, -0.15) is 13.7 Å². The largest absolute Gasteiger partial charge is 0.321 e. The first kappa shape index (κ1) is 13.8. The summed E-state index contributed by atoms with van der Waals surface area (Å²) in [6.07, 6.45) is 1.36. The van der Waals surface area contributed by atoms with Crippen molar-refractivity contribution in [2.24, 2.45) is 5.84 Å². The molecule has 20 heavy (non-hydrogen) atoms. The highest BCUT2D eigenvalue weighted by molar-refractivity contribution is 7.92. The van der Waals surface area contributed by atoms with Gasteiger partial charge in [-0.15, -0.1) is 0 Å². The Kier molecular flexibility index (Phi) is 3.84. The van der Waals surface area contributed by atoms with Gasteiger partial charge in [0.15, 0.2) is 0 Å². The van der Waals surface area contributed by atoms with Gasteiger partial charge in [0.1, 0.15) is 0 Å². The summed E-state index contributed by atoms with van der Waals surface area (Å²) in [6, 6.07) is 11.0. The third-order valence-corrected chi connectivity index (χ3v) is 3.79. The SMILES string of the molecule is N#Cc1ccc(NS(=O)(=O)c2ncccc2NN)cc1. The normalized spacial score (nSPS) is 10.6. The molecule has 2 rings (SSSR count). The lowest BCUT2D eigenvalue weighted by Crippen LogP contribution is -2.18. The molecule has 0 unspecified atom stereocenters. The summed E-state index contributed by atoms with van der Waals surface area (Å²) in [7, 11) is -3.86. The van der Waals surface area contributed by atoms with E-state index in [1.54, 1.807) is 6.07 Å². The van der Waals surface area contributed by atoms with E-state index >= 15 is 0 Å². The van der Waals surface area contributed by atoms with Crippen LogP contribution in [-0.4, -0.2) is 13.4 Å². The summed E-state index contributed by atoms with van der Waals surface area (Å²) in [5.74, 6) is 5.26. The minimum Gasteiger partial charge on any atom is -0.321 e. The van der Waals surface area contributed by atoms with Crippen molar-refractivity contribution in [3.05, 3.63) is 48.2 Å². The van der Waals surface area contributed by atoms with Gasteiger partial charge in [-0.25, -0.2) is 4.98 Å². The molecule has 0 bridgehead atoms. The van der Waals surface area contributed by atoms with Crippen LogP contribution in [0.25, 0.3) is 0 Å². The monoisotopic (exact) mass is 289 g/mol. The molecular formula is C12H11N5O2S. The van der Waals surface area contributed by atoms with Gasteiger partial charge < -0.3 is 5.43 Å². The van der Waals surface area contributed by atoms with Crippen LogP contribution < -0.4 is 16.0 Å². The van der Waals surface area contributed by atoms with Gasteiger partial charge in [-0.3, -0.25) is 10.6 Å². The zero-order valence-electron chi connectivity index (χ0n) is 10.2. The number of nitrogens with two attached hydrogens (primary N) is 1. The first-order valence-electron chi connectivity index (χ1n) is 5.51. The van der Waals surface area contributed by atoms with Gasteiger partial charge in [0.05, 0.1) is 17.3 Å². The number of anilines is 2. The second kappa shape index (κ2) is 5.56. The van der Waals surface area contributed by atoms with Crippen molar-refractivity contribution in [3.63, 3.8) is 0 Å². The molecule has 0 aliphatic rings. The van der Waals surface area contributed by atoms with Crippen LogP contribution in [0.3, 0.4) is 0 Å². The highest BCUT2D eigenvalue weighted by Crippen LogP contribution is 2.20. The maximum atomic E-state index is 12.2. The smallest absolute Gasteiger partial charge is 0.281 e. The third-order valence-electron chi connectivity index (χ3n) is 2.45. The quantitative estimate of drug-likeness (QED) is 0.571. The van der Waals surface area contributed by atoms with Crippen molar-refractivity contribution in [1.29, 1.82) is 5.26 Å². The van der Waals surface area contributed by atoms with E-state index in [2.05, 4.69) is 15.1 Å². The molecule has 102 valence electrons. The van der Waals surface area contributed by atoms with Crippen LogP contribution in [0.15, 0.2) is 47.6 Å². The summed E-state index contributed by atoms with van der Waals surface area (Å²) < 4.78 is 26.8. The fourth-order valence-electron chi connectivity index (χ4n) is 1.53. The Bertz CT molecular complexity index is 750. The van der Waals surface area contributed by atoms with Crippen LogP contribution in [-0.2, 0) is 10.0 Å². The van der Waals surface area contributed by atoms with Crippen molar-refractivity contribution >= 4 is 21.4 Å². The summed E-state index contributed by atoms with van der Waals surface area (Å²) in [6.45, 7) is 0. The molecule has 0 spiro atoms. The van der Waals surface area contributed by atoms with Crippen LogP contribution in [0.4, 0.5) is 11.4 Å². The lowest BCUT2D eigenvalue weighted by atomic mass is 10.2. The van der Waals surface area contributed by atoms with Crippen LogP contribution in [0.5, 0.6) is 0 Å². The summed E-state index contributed by atoms with van der Waals surface area (Å²) in [5, 5.41) is 8.48. The Labute approximate surface area is 116 Å². The average Bonchev–Trinajstić information content (AvgIpc) is 2.47. The van der Waals surface area contributed by atoms with Gasteiger partial charge in [0.2, 0.25) is 5.03 Å². The second-order valence-corrected chi connectivity index (χ2v) is 5.39. The lowest BCUT2D eigenvalue weighted by molar-refractivity contribution is 0.598. The topological polar surface area (TPSA) is 121 Å². The number of aromatic nitrogens is 1. The molecule has 0 aliphatic carbocycles. The minimum absolute atomic E-state index is 0.189. The molecule has 0 atom stereocenters. The van der Waals surface area contributed by atoms with Crippen LogP contribution in [0.1, 0.15) is 5.56 Å². The first-order valence-corrected chi connectivity index (χ1v) is 7.00.